The maximum absolute atomic E-state index is 12.6. The summed E-state index contributed by atoms with van der Waals surface area (Å²) in [6.45, 7) is 5.79. The molecule has 1 aromatic carbocycles. The minimum atomic E-state index is -0.692. The summed E-state index contributed by atoms with van der Waals surface area (Å²) < 4.78 is 0. The number of nitrogens with one attached hydrogen (secondary N) is 1. The number of carboxylic acid groups (broad SMARTS) is 1. The Hall–Kier alpha value is -1.88. The van der Waals surface area contributed by atoms with Crippen LogP contribution in [0.15, 0.2) is 30.3 Å². The Kier molecular flexibility index (Phi) is 5.13. The highest BCUT2D eigenvalue weighted by molar-refractivity contribution is 5.82. The number of nitrogens with zero attached hydrogens (tertiary/aromatic N) is 1. The number of fused-ring (bicyclic) bond motifs is 1. The first-order valence-electron chi connectivity index (χ1n) is 9.24. The lowest BCUT2D eigenvalue weighted by molar-refractivity contribution is -0.149. The molecular weight excluding hydrogens is 316 g/mol. The lowest BCUT2D eigenvalue weighted by Gasteiger charge is -2.27. The van der Waals surface area contributed by atoms with Crippen LogP contribution in [-0.2, 0) is 9.59 Å². The third kappa shape index (κ3) is 3.43. The predicted octanol–water partition coefficient (Wildman–Crippen LogP) is 2.48. The van der Waals surface area contributed by atoms with Crippen LogP contribution in [0.4, 0.5) is 0 Å². The Morgan fingerprint density at radius 2 is 2.04 bits per heavy atom. The first-order chi connectivity index (χ1) is 11.9. The van der Waals surface area contributed by atoms with Crippen LogP contribution in [0.25, 0.3) is 0 Å². The van der Waals surface area contributed by atoms with E-state index in [2.05, 4.69) is 29.3 Å². The fourth-order valence-electron chi connectivity index (χ4n) is 4.44. The van der Waals surface area contributed by atoms with Crippen molar-refractivity contribution in [1.29, 1.82) is 0 Å². The minimum Gasteiger partial charge on any atom is -0.481 e. The second-order valence-electron chi connectivity index (χ2n) is 7.71. The van der Waals surface area contributed by atoms with Crippen molar-refractivity contribution >= 4 is 11.9 Å². The molecule has 0 aromatic heterocycles. The van der Waals surface area contributed by atoms with Crippen molar-refractivity contribution in [2.75, 3.05) is 19.6 Å². The summed E-state index contributed by atoms with van der Waals surface area (Å²) in [5.41, 5.74) is 0.572. The van der Waals surface area contributed by atoms with Crippen molar-refractivity contribution in [1.82, 2.24) is 10.2 Å². The second-order valence-corrected chi connectivity index (χ2v) is 7.71. The molecule has 1 aromatic rings. The zero-order valence-corrected chi connectivity index (χ0v) is 15.1. The van der Waals surface area contributed by atoms with Crippen LogP contribution in [0.1, 0.15) is 44.6 Å². The lowest BCUT2D eigenvalue weighted by Crippen LogP contribution is -2.46. The summed E-state index contributed by atoms with van der Waals surface area (Å²) in [5.74, 6) is -0.268. The van der Waals surface area contributed by atoms with Gasteiger partial charge in [-0.2, -0.15) is 0 Å². The normalized spacial score (nSPS) is 28.3. The minimum absolute atomic E-state index is 0.0108. The molecule has 1 saturated carbocycles. The number of carbonyl (C=O) groups is 2. The van der Waals surface area contributed by atoms with Crippen molar-refractivity contribution in [2.45, 2.75) is 45.1 Å². The molecule has 5 nitrogen and oxygen atoms in total. The quantitative estimate of drug-likeness (QED) is 0.832. The molecule has 4 atom stereocenters. The molecule has 1 saturated heterocycles. The van der Waals surface area contributed by atoms with Crippen LogP contribution in [0.5, 0.6) is 0 Å². The van der Waals surface area contributed by atoms with Crippen molar-refractivity contribution in [2.24, 2.45) is 11.3 Å². The summed E-state index contributed by atoms with van der Waals surface area (Å²) in [7, 11) is 0. The number of hydrogen-bond acceptors (Lipinski definition) is 3. The van der Waals surface area contributed by atoms with E-state index in [0.29, 0.717) is 13.1 Å². The van der Waals surface area contributed by atoms with Gasteiger partial charge in [0.05, 0.1) is 11.5 Å². The summed E-state index contributed by atoms with van der Waals surface area (Å²) >= 11 is 0. The Bertz CT molecular complexity index is 633. The standard InChI is InChI=1S/C20H28N2O3/c1-14(16-7-4-3-5-8-16)11-21-18(23)15(2)22-12-17-9-6-10-20(17,13-22)19(24)25/h3-5,7-8,14-15,17H,6,9-13H2,1-2H3,(H,21,23)(H,24,25)/t14?,15?,17-,20+/m0/s1. The number of likely N-dealkylation sites (tertiary alicyclic amines) is 1. The van der Waals surface area contributed by atoms with Gasteiger partial charge in [0.25, 0.3) is 0 Å². The maximum Gasteiger partial charge on any atom is 0.311 e. The molecular formula is C20H28N2O3. The summed E-state index contributed by atoms with van der Waals surface area (Å²) in [6.07, 6.45) is 2.69. The van der Waals surface area contributed by atoms with Gasteiger partial charge in [-0.25, -0.2) is 0 Å². The van der Waals surface area contributed by atoms with Crippen molar-refractivity contribution in [3.8, 4) is 0 Å². The third-order valence-electron chi connectivity index (χ3n) is 6.20. The first kappa shape index (κ1) is 17.9. The number of benzene rings is 1. The number of aliphatic carboxylic acids is 1. The molecule has 2 N–H and O–H groups in total. The smallest absolute Gasteiger partial charge is 0.311 e. The highest BCUT2D eigenvalue weighted by atomic mass is 16.4. The zero-order chi connectivity index (χ0) is 18.0. The largest absolute Gasteiger partial charge is 0.481 e. The van der Waals surface area contributed by atoms with Gasteiger partial charge in [0.15, 0.2) is 0 Å². The molecule has 1 aliphatic heterocycles. The van der Waals surface area contributed by atoms with Gasteiger partial charge < -0.3 is 10.4 Å². The molecule has 1 heterocycles. The van der Waals surface area contributed by atoms with Crippen LogP contribution < -0.4 is 5.32 Å². The van der Waals surface area contributed by atoms with Crippen LogP contribution in [-0.4, -0.2) is 47.6 Å². The lowest BCUT2D eigenvalue weighted by atomic mass is 9.81. The van der Waals surface area contributed by atoms with Crippen LogP contribution in [0.3, 0.4) is 0 Å². The molecule has 0 bridgehead atoms. The van der Waals surface area contributed by atoms with Crippen molar-refractivity contribution in [3.05, 3.63) is 35.9 Å². The Balaban J connectivity index is 1.56. The highest BCUT2D eigenvalue weighted by Crippen LogP contribution is 2.49. The maximum atomic E-state index is 12.6. The van der Waals surface area contributed by atoms with E-state index in [4.69, 9.17) is 0 Å². The predicted molar refractivity (Wildman–Crippen MR) is 96.3 cm³/mol. The van der Waals surface area contributed by atoms with Gasteiger partial charge in [0, 0.05) is 19.6 Å². The highest BCUT2D eigenvalue weighted by Gasteiger charge is 2.55. The van der Waals surface area contributed by atoms with E-state index in [-0.39, 0.29) is 23.8 Å². The molecule has 25 heavy (non-hydrogen) atoms. The van der Waals surface area contributed by atoms with Gasteiger partial charge >= 0.3 is 5.97 Å². The van der Waals surface area contributed by atoms with Crippen molar-refractivity contribution in [3.63, 3.8) is 0 Å². The number of carboxylic acids is 1. The molecule has 2 fully saturated rings. The van der Waals surface area contributed by atoms with E-state index in [1.165, 1.54) is 5.56 Å². The monoisotopic (exact) mass is 344 g/mol. The summed E-state index contributed by atoms with van der Waals surface area (Å²) in [6, 6.07) is 9.84. The summed E-state index contributed by atoms with van der Waals surface area (Å²) in [4.78, 5) is 26.4. The number of amides is 1. The molecule has 1 aliphatic carbocycles. The molecule has 1 amide bonds. The topological polar surface area (TPSA) is 69.6 Å². The van der Waals surface area contributed by atoms with E-state index >= 15 is 0 Å². The van der Waals surface area contributed by atoms with Crippen LogP contribution in [0.2, 0.25) is 0 Å². The van der Waals surface area contributed by atoms with Gasteiger partial charge in [-0.1, -0.05) is 43.7 Å². The zero-order valence-electron chi connectivity index (χ0n) is 15.1. The molecule has 2 aliphatic rings. The average molecular weight is 344 g/mol. The van der Waals surface area contributed by atoms with E-state index in [0.717, 1.165) is 25.8 Å². The van der Waals surface area contributed by atoms with Gasteiger partial charge in [0.1, 0.15) is 0 Å². The second kappa shape index (κ2) is 7.16. The van der Waals surface area contributed by atoms with Gasteiger partial charge in [0.2, 0.25) is 5.91 Å². The molecule has 2 unspecified atom stereocenters. The number of carbonyl (C=O) groups excluding carboxylic acids is 1. The van der Waals surface area contributed by atoms with E-state index in [1.807, 2.05) is 25.1 Å². The Morgan fingerprint density at radius 1 is 1.32 bits per heavy atom. The van der Waals surface area contributed by atoms with Gasteiger partial charge in [-0.15, -0.1) is 0 Å². The van der Waals surface area contributed by atoms with Crippen LogP contribution >= 0.6 is 0 Å². The van der Waals surface area contributed by atoms with Crippen LogP contribution in [0, 0.1) is 11.3 Å². The van der Waals surface area contributed by atoms with Gasteiger partial charge in [-0.3, -0.25) is 14.5 Å². The molecule has 0 radical (unpaired) electrons. The SMILES string of the molecule is CC(CNC(=O)C(C)N1C[C@@H]2CCC[C@@]2(C(=O)O)C1)c1ccccc1. The Labute approximate surface area is 149 Å². The van der Waals surface area contributed by atoms with E-state index in [9.17, 15) is 14.7 Å². The fourth-order valence-corrected chi connectivity index (χ4v) is 4.44. The number of rotatable bonds is 6. The first-order valence-corrected chi connectivity index (χ1v) is 9.24. The number of hydrogen-bond donors (Lipinski definition) is 2. The molecule has 3 rings (SSSR count). The summed E-state index contributed by atoms with van der Waals surface area (Å²) in [5, 5.41) is 12.7. The van der Waals surface area contributed by atoms with E-state index < -0.39 is 11.4 Å². The third-order valence-corrected chi connectivity index (χ3v) is 6.20. The van der Waals surface area contributed by atoms with Gasteiger partial charge in [-0.05, 0) is 37.2 Å². The average Bonchev–Trinajstić information content (AvgIpc) is 3.18. The molecule has 136 valence electrons. The van der Waals surface area contributed by atoms with Crippen molar-refractivity contribution < 1.29 is 14.7 Å². The van der Waals surface area contributed by atoms with E-state index in [1.54, 1.807) is 0 Å². The Morgan fingerprint density at radius 3 is 2.68 bits per heavy atom. The molecule has 5 heteroatoms. The fraction of sp³-hybridized carbons (Fsp3) is 0.600. The molecule has 0 spiro atoms.